The van der Waals surface area contributed by atoms with Crippen LogP contribution in [0.3, 0.4) is 0 Å². The van der Waals surface area contributed by atoms with E-state index in [4.69, 9.17) is 0 Å². The van der Waals surface area contributed by atoms with Crippen LogP contribution in [0, 0.1) is 0 Å². The molecule has 0 atom stereocenters. The first kappa shape index (κ1) is 16.4. The number of carbonyl (C=O) groups excluding carboxylic acids is 1. The maximum absolute atomic E-state index is 12.7. The minimum absolute atomic E-state index is 0.211. The third-order valence-corrected chi connectivity index (χ3v) is 4.70. The molecule has 26 heavy (non-hydrogen) atoms. The van der Waals surface area contributed by atoms with E-state index in [1.54, 1.807) is 6.20 Å². The fourth-order valence-electron chi connectivity index (χ4n) is 2.72. The molecule has 3 N–H and O–H groups in total. The first-order chi connectivity index (χ1) is 12.8. The van der Waals surface area contributed by atoms with E-state index < -0.39 is 0 Å². The van der Waals surface area contributed by atoms with E-state index in [9.17, 15) is 4.79 Å². The molecule has 4 aromatic rings. The molecule has 0 radical (unpaired) electrons. The van der Waals surface area contributed by atoms with Gasteiger partial charge in [-0.1, -0.05) is 48.5 Å². The maximum atomic E-state index is 12.7. The molecule has 6 heteroatoms. The molecule has 128 valence electrons. The molecular formula is C20H16N4OS. The molecule has 0 bridgehead atoms. The number of H-pyrrole nitrogens is 1. The number of fused-ring (bicyclic) bond motifs is 1. The van der Waals surface area contributed by atoms with E-state index in [0.29, 0.717) is 5.56 Å². The van der Waals surface area contributed by atoms with Gasteiger partial charge in [0.1, 0.15) is 0 Å². The molecule has 1 aromatic heterocycles. The summed E-state index contributed by atoms with van der Waals surface area (Å²) in [6.07, 6.45) is 1.67. The molecule has 3 aromatic carbocycles. The number of aromatic nitrogens is 2. The van der Waals surface area contributed by atoms with Crippen LogP contribution in [0.5, 0.6) is 0 Å². The van der Waals surface area contributed by atoms with Gasteiger partial charge in [0, 0.05) is 10.3 Å². The average Bonchev–Trinajstić information content (AvgIpc) is 3.17. The summed E-state index contributed by atoms with van der Waals surface area (Å²) in [6.45, 7) is 0. The van der Waals surface area contributed by atoms with Crippen LogP contribution in [-0.2, 0) is 0 Å². The van der Waals surface area contributed by atoms with Crippen molar-refractivity contribution in [3.05, 3.63) is 84.6 Å². The van der Waals surface area contributed by atoms with Crippen molar-refractivity contribution in [1.82, 2.24) is 20.5 Å². The highest BCUT2D eigenvalue weighted by Crippen LogP contribution is 2.26. The number of nitrogens with zero attached hydrogens (tertiary/aromatic N) is 1. The Hall–Kier alpha value is -3.09. The van der Waals surface area contributed by atoms with Gasteiger partial charge in [-0.15, -0.1) is 0 Å². The highest BCUT2D eigenvalue weighted by Gasteiger charge is 2.14. The lowest BCUT2D eigenvalue weighted by molar-refractivity contribution is 0.0949. The summed E-state index contributed by atoms with van der Waals surface area (Å²) in [5.41, 5.74) is 6.14. The SMILES string of the molecule is O=C(NNSc1ccccc1)c1cc(-c2ccccc2)cc2[nH]ncc12. The number of hydrazine groups is 1. The van der Waals surface area contributed by atoms with E-state index in [2.05, 4.69) is 20.5 Å². The number of amides is 1. The van der Waals surface area contributed by atoms with Crippen molar-refractivity contribution in [3.63, 3.8) is 0 Å². The lowest BCUT2D eigenvalue weighted by Gasteiger charge is -2.09. The zero-order chi connectivity index (χ0) is 17.8. The summed E-state index contributed by atoms with van der Waals surface area (Å²) in [4.78, 5) is 16.6. The number of benzene rings is 3. The Bertz CT molecular complexity index is 1030. The van der Waals surface area contributed by atoms with Gasteiger partial charge in [0.15, 0.2) is 0 Å². The Balaban J connectivity index is 1.58. The Labute approximate surface area is 154 Å². The number of carbonyl (C=O) groups is 1. The average molecular weight is 360 g/mol. The Morgan fingerprint density at radius 3 is 2.42 bits per heavy atom. The predicted molar refractivity (Wildman–Crippen MR) is 104 cm³/mol. The van der Waals surface area contributed by atoms with E-state index in [0.717, 1.165) is 26.9 Å². The molecular weight excluding hydrogens is 344 g/mol. The Kier molecular flexibility index (Phi) is 4.68. The first-order valence-electron chi connectivity index (χ1n) is 8.11. The van der Waals surface area contributed by atoms with Gasteiger partial charge in [-0.2, -0.15) is 9.93 Å². The van der Waals surface area contributed by atoms with Crippen molar-refractivity contribution in [1.29, 1.82) is 0 Å². The van der Waals surface area contributed by atoms with Crippen molar-refractivity contribution in [2.24, 2.45) is 0 Å². The van der Waals surface area contributed by atoms with Gasteiger partial charge < -0.3 is 0 Å². The van der Waals surface area contributed by atoms with Gasteiger partial charge in [0.05, 0.1) is 17.3 Å². The second kappa shape index (κ2) is 7.43. The highest BCUT2D eigenvalue weighted by molar-refractivity contribution is 7.97. The van der Waals surface area contributed by atoms with Gasteiger partial charge in [0.25, 0.3) is 5.91 Å². The summed E-state index contributed by atoms with van der Waals surface area (Å²) < 4.78 is 0. The van der Waals surface area contributed by atoms with Crippen LogP contribution in [-0.4, -0.2) is 16.1 Å². The van der Waals surface area contributed by atoms with Gasteiger partial charge in [0.2, 0.25) is 0 Å². The molecule has 0 saturated heterocycles. The summed E-state index contributed by atoms with van der Waals surface area (Å²) in [5.74, 6) is -0.211. The van der Waals surface area contributed by atoms with Crippen LogP contribution in [0.15, 0.2) is 83.9 Å². The van der Waals surface area contributed by atoms with Crippen molar-refractivity contribution in [2.75, 3.05) is 0 Å². The summed E-state index contributed by atoms with van der Waals surface area (Å²) in [7, 11) is 0. The van der Waals surface area contributed by atoms with E-state index >= 15 is 0 Å². The van der Waals surface area contributed by atoms with E-state index in [-0.39, 0.29) is 5.91 Å². The monoisotopic (exact) mass is 360 g/mol. The first-order valence-corrected chi connectivity index (χ1v) is 8.93. The predicted octanol–water partition coefficient (Wildman–Crippen LogP) is 4.17. The minimum atomic E-state index is -0.211. The molecule has 0 aliphatic heterocycles. The molecule has 0 fully saturated rings. The minimum Gasteiger partial charge on any atom is -0.278 e. The summed E-state index contributed by atoms with van der Waals surface area (Å²) in [6, 6.07) is 23.6. The molecule has 0 aliphatic carbocycles. The van der Waals surface area contributed by atoms with Crippen molar-refractivity contribution < 1.29 is 4.79 Å². The second-order valence-corrected chi connectivity index (χ2v) is 6.57. The van der Waals surface area contributed by atoms with Gasteiger partial charge >= 0.3 is 0 Å². The Morgan fingerprint density at radius 2 is 1.65 bits per heavy atom. The van der Waals surface area contributed by atoms with Crippen LogP contribution in [0.1, 0.15) is 10.4 Å². The maximum Gasteiger partial charge on any atom is 0.266 e. The van der Waals surface area contributed by atoms with Crippen LogP contribution < -0.4 is 10.3 Å². The largest absolute Gasteiger partial charge is 0.278 e. The number of rotatable bonds is 5. The zero-order valence-electron chi connectivity index (χ0n) is 13.8. The molecule has 0 aliphatic rings. The van der Waals surface area contributed by atoms with E-state index in [1.165, 1.54) is 11.9 Å². The summed E-state index contributed by atoms with van der Waals surface area (Å²) >= 11 is 1.35. The zero-order valence-corrected chi connectivity index (χ0v) is 14.6. The quantitative estimate of drug-likeness (QED) is 0.369. The van der Waals surface area contributed by atoms with Crippen LogP contribution >= 0.6 is 11.9 Å². The van der Waals surface area contributed by atoms with E-state index in [1.807, 2.05) is 72.8 Å². The lowest BCUT2D eigenvalue weighted by atomic mass is 10.00. The van der Waals surface area contributed by atoms with Gasteiger partial charge in [-0.05, 0) is 47.3 Å². The summed E-state index contributed by atoms with van der Waals surface area (Å²) in [5, 5.41) is 7.81. The molecule has 1 heterocycles. The standard InChI is InChI=1S/C20H16N4OS/c25-20(23-24-26-16-9-5-2-6-10-16)17-11-15(14-7-3-1-4-8-14)12-19-18(17)13-21-22-19/h1-13,24H,(H,21,22)(H,23,25). The third kappa shape index (κ3) is 3.46. The normalized spacial score (nSPS) is 10.8. The molecule has 5 nitrogen and oxygen atoms in total. The molecule has 0 saturated carbocycles. The van der Waals surface area contributed by atoms with Crippen LogP contribution in [0.4, 0.5) is 0 Å². The molecule has 0 spiro atoms. The smallest absolute Gasteiger partial charge is 0.266 e. The van der Waals surface area contributed by atoms with Gasteiger partial charge in [-0.25, -0.2) is 0 Å². The van der Waals surface area contributed by atoms with Crippen molar-refractivity contribution >= 4 is 28.8 Å². The number of hydrogen-bond donors (Lipinski definition) is 3. The molecule has 0 unspecified atom stereocenters. The topological polar surface area (TPSA) is 69.8 Å². The highest BCUT2D eigenvalue weighted by atomic mass is 32.2. The second-order valence-electron chi connectivity index (χ2n) is 5.69. The fraction of sp³-hybridized carbons (Fsp3) is 0. The van der Waals surface area contributed by atoms with Crippen LogP contribution in [0.2, 0.25) is 0 Å². The lowest BCUT2D eigenvalue weighted by Crippen LogP contribution is -2.32. The molecule has 1 amide bonds. The fourth-order valence-corrected chi connectivity index (χ4v) is 3.28. The molecule has 4 rings (SSSR count). The number of aromatic amines is 1. The van der Waals surface area contributed by atoms with Gasteiger partial charge in [-0.3, -0.25) is 15.3 Å². The Morgan fingerprint density at radius 1 is 0.923 bits per heavy atom. The number of hydrogen-bond acceptors (Lipinski definition) is 4. The third-order valence-electron chi connectivity index (χ3n) is 3.99. The number of nitrogens with one attached hydrogen (secondary N) is 3. The van der Waals surface area contributed by atoms with Crippen molar-refractivity contribution in [3.8, 4) is 11.1 Å². The van der Waals surface area contributed by atoms with Crippen molar-refractivity contribution in [2.45, 2.75) is 4.90 Å². The van der Waals surface area contributed by atoms with Crippen LogP contribution in [0.25, 0.3) is 22.0 Å².